The van der Waals surface area contributed by atoms with Crippen LogP contribution in [0.25, 0.3) is 22.6 Å². The molecule has 5 amide bonds. The van der Waals surface area contributed by atoms with Crippen molar-refractivity contribution in [1.29, 1.82) is 0 Å². The Kier molecular flexibility index (Phi) is 21.0. The van der Waals surface area contributed by atoms with Gasteiger partial charge in [0.1, 0.15) is 33.2 Å². The van der Waals surface area contributed by atoms with Crippen molar-refractivity contribution in [2.75, 3.05) is 115 Å². The molecule has 8 heterocycles. The molecule has 3 fully saturated rings. The SMILES string of the molecule is CC(C)(C)OC(=O)N1CCN(c2ccc(C(=O)O)s2)CC1.CC(C)(C)OC(=O)Nc1ccc(-c2ccco2)cc1NC(=O)c1ccc(N2CCN(C(=O)OC(C)(C)C)CC2)s1.Nc1ccc(-c2ccco2)cc1NC(=O)c1ccc(N2CCNCC2)s1. The van der Waals surface area contributed by atoms with Crippen LogP contribution in [0.3, 0.4) is 0 Å². The van der Waals surface area contributed by atoms with Gasteiger partial charge >= 0.3 is 24.2 Å². The summed E-state index contributed by atoms with van der Waals surface area (Å²) in [5.74, 6) is -0.00772. The number of amides is 5. The largest absolute Gasteiger partial charge is 0.477 e. The molecule has 0 atom stereocenters. The Morgan fingerprint density at radius 1 is 0.494 bits per heavy atom. The minimum atomic E-state index is -0.904. The van der Waals surface area contributed by atoms with E-state index in [2.05, 4.69) is 36.0 Å². The lowest BCUT2D eigenvalue weighted by Gasteiger charge is -2.36. The molecule has 3 aliphatic rings. The van der Waals surface area contributed by atoms with Gasteiger partial charge in [0.25, 0.3) is 11.8 Å². The van der Waals surface area contributed by atoms with Crippen molar-refractivity contribution < 1.29 is 56.9 Å². The van der Waals surface area contributed by atoms with Gasteiger partial charge in [-0.3, -0.25) is 14.9 Å². The number of rotatable bonds is 11. The zero-order valence-electron chi connectivity index (χ0n) is 50.4. The molecule has 10 rings (SSSR count). The second kappa shape index (κ2) is 28.3. The fourth-order valence-corrected chi connectivity index (χ4v) is 11.8. The molecule has 22 nitrogen and oxygen atoms in total. The maximum atomic E-state index is 13.3. The molecule has 0 unspecified atom stereocenters. The van der Waals surface area contributed by atoms with Crippen molar-refractivity contribution >= 4 is 108 Å². The summed E-state index contributed by atoms with van der Waals surface area (Å²) in [5.41, 5.74) is 7.85. The van der Waals surface area contributed by atoms with Crippen molar-refractivity contribution in [1.82, 2.24) is 15.1 Å². The number of carbonyl (C=O) groups is 6. The van der Waals surface area contributed by atoms with E-state index in [1.807, 2.05) is 96.1 Å². The Morgan fingerprint density at radius 2 is 0.908 bits per heavy atom. The molecule has 0 aliphatic carbocycles. The van der Waals surface area contributed by atoms with E-state index in [0.29, 0.717) is 95.5 Å². The number of piperazine rings is 3. The van der Waals surface area contributed by atoms with Crippen LogP contribution in [0.2, 0.25) is 0 Å². The number of anilines is 7. The number of nitrogens with two attached hydrogens (primary N) is 1. The standard InChI is InChI=1S/C29H36N4O6S.C19H20N4O2S.C14H20N2O4S/c1-28(2,3)38-26(35)31-20-10-9-19(22-8-7-17-37-22)18-21(20)30-25(34)23-11-12-24(40-23)32-13-15-33(16-14-32)27(36)39-29(4,5)6;20-14-4-3-13(16-2-1-11-25-16)12-15(14)22-19(24)17-5-6-18(26-17)23-9-7-21-8-10-23;1-14(2,3)20-13(19)16-8-6-15(7-9-16)11-5-4-10(21-11)12(17)18/h7-12,17-18H,13-16H2,1-6H3,(H,30,34)(H,31,35);1-6,11-12,21H,7-10,20H2,(H,22,24);4-5H,6-9H2,1-3H3,(H,17,18). The van der Waals surface area contributed by atoms with E-state index in [0.717, 1.165) is 58.1 Å². The number of carboxylic acid groups (broad SMARTS) is 1. The zero-order chi connectivity index (χ0) is 62.6. The summed E-state index contributed by atoms with van der Waals surface area (Å²) in [4.78, 5) is 85.1. The first-order valence-corrected chi connectivity index (χ1v) is 30.9. The average Bonchev–Trinajstić information content (AvgIpc) is 3.34. The van der Waals surface area contributed by atoms with Gasteiger partial charge in [-0.1, -0.05) is 0 Å². The van der Waals surface area contributed by atoms with E-state index in [4.69, 9.17) is 33.9 Å². The van der Waals surface area contributed by atoms with Crippen molar-refractivity contribution in [2.24, 2.45) is 0 Å². The number of furan rings is 2. The normalized spacial score (nSPS) is 14.6. The number of nitrogens with zero attached hydrogens (tertiary/aromatic N) is 5. The summed E-state index contributed by atoms with van der Waals surface area (Å²) in [6, 6.07) is 29.0. The van der Waals surface area contributed by atoms with Crippen LogP contribution in [0.15, 0.2) is 118 Å². The summed E-state index contributed by atoms with van der Waals surface area (Å²) in [6.45, 7) is 25.1. The minimum Gasteiger partial charge on any atom is -0.477 e. The number of benzene rings is 2. The highest BCUT2D eigenvalue weighted by molar-refractivity contribution is 7.18. The predicted octanol–water partition coefficient (Wildman–Crippen LogP) is 12.4. The van der Waals surface area contributed by atoms with E-state index in [-0.39, 0.29) is 24.0 Å². The topological polar surface area (TPSA) is 267 Å². The zero-order valence-corrected chi connectivity index (χ0v) is 52.8. The fourth-order valence-electron chi connectivity index (χ4n) is 9.00. The molecule has 25 heteroatoms. The van der Waals surface area contributed by atoms with E-state index < -0.39 is 28.9 Å². The second-order valence-corrected chi connectivity index (χ2v) is 26.6. The lowest BCUT2D eigenvalue weighted by Crippen LogP contribution is -2.49. The quantitative estimate of drug-likeness (QED) is 0.0519. The smallest absolute Gasteiger partial charge is 0.412 e. The van der Waals surface area contributed by atoms with Crippen LogP contribution in [0.1, 0.15) is 91.3 Å². The molecular formula is C62H76N10O12S3. The monoisotopic (exact) mass is 1250 g/mol. The highest BCUT2D eigenvalue weighted by Gasteiger charge is 2.29. The van der Waals surface area contributed by atoms with E-state index in [1.165, 1.54) is 34.0 Å². The number of ether oxygens (including phenoxy) is 3. The van der Waals surface area contributed by atoms with Gasteiger partial charge in [-0.2, -0.15) is 0 Å². The molecule has 5 aromatic heterocycles. The molecule has 0 saturated carbocycles. The summed E-state index contributed by atoms with van der Waals surface area (Å²) in [6.07, 6.45) is 1.96. The molecule has 7 aromatic rings. The lowest BCUT2D eigenvalue weighted by atomic mass is 10.1. The molecule has 464 valence electrons. The minimum absolute atomic E-state index is 0.153. The number of aromatic carboxylic acids is 1. The van der Waals surface area contributed by atoms with Crippen LogP contribution in [-0.4, -0.2) is 146 Å². The third kappa shape index (κ3) is 18.7. The predicted molar refractivity (Wildman–Crippen MR) is 344 cm³/mol. The van der Waals surface area contributed by atoms with E-state index in [1.54, 1.807) is 85.6 Å². The molecule has 0 spiro atoms. The van der Waals surface area contributed by atoms with Crippen LogP contribution in [0.4, 0.5) is 52.1 Å². The van der Waals surface area contributed by atoms with Gasteiger partial charge in [0.15, 0.2) is 0 Å². The van der Waals surface area contributed by atoms with Gasteiger partial charge in [-0.25, -0.2) is 19.2 Å². The Balaban J connectivity index is 0.000000180. The van der Waals surface area contributed by atoms with Crippen LogP contribution < -0.4 is 41.7 Å². The van der Waals surface area contributed by atoms with Crippen LogP contribution in [0.5, 0.6) is 0 Å². The first kappa shape index (κ1) is 64.5. The average molecular weight is 1250 g/mol. The molecule has 0 bridgehead atoms. The number of carbonyl (C=O) groups excluding carboxylic acids is 5. The highest BCUT2D eigenvalue weighted by Crippen LogP contribution is 2.35. The van der Waals surface area contributed by atoms with Gasteiger partial charge in [0.2, 0.25) is 0 Å². The number of hydrogen-bond acceptors (Lipinski definition) is 19. The molecule has 2 aromatic carbocycles. The Labute approximate surface area is 518 Å². The Morgan fingerprint density at radius 3 is 1.33 bits per heavy atom. The van der Waals surface area contributed by atoms with Crippen LogP contribution in [-0.2, 0) is 14.2 Å². The summed E-state index contributed by atoms with van der Waals surface area (Å²) < 4.78 is 27.1. The fraction of sp³-hybridized carbons (Fsp3) is 0.387. The lowest BCUT2D eigenvalue weighted by molar-refractivity contribution is 0.0230. The van der Waals surface area contributed by atoms with Gasteiger partial charge < -0.3 is 74.3 Å². The van der Waals surface area contributed by atoms with E-state index >= 15 is 0 Å². The van der Waals surface area contributed by atoms with Crippen molar-refractivity contribution in [3.05, 3.63) is 124 Å². The van der Waals surface area contributed by atoms with Gasteiger partial charge in [0, 0.05) is 89.7 Å². The van der Waals surface area contributed by atoms with Gasteiger partial charge in [0.05, 0.1) is 60.0 Å². The van der Waals surface area contributed by atoms with Gasteiger partial charge in [-0.05, 0) is 159 Å². The third-order valence-corrected chi connectivity index (χ3v) is 16.6. The summed E-state index contributed by atoms with van der Waals surface area (Å²) in [5, 5.41) is 23.8. The molecule has 3 aliphatic heterocycles. The number of carboxylic acids is 1. The number of nitrogen functional groups attached to an aromatic ring is 1. The molecule has 0 radical (unpaired) electrons. The molecule has 3 saturated heterocycles. The maximum Gasteiger partial charge on any atom is 0.412 e. The first-order chi connectivity index (χ1) is 41.2. The Bertz CT molecular complexity index is 3460. The molecular weight excluding hydrogens is 1170 g/mol. The number of hydrogen-bond donors (Lipinski definition) is 6. The Hall–Kier alpha value is -8.52. The van der Waals surface area contributed by atoms with Crippen LogP contribution >= 0.6 is 34.0 Å². The molecule has 7 N–H and O–H groups in total. The molecule has 87 heavy (non-hydrogen) atoms. The summed E-state index contributed by atoms with van der Waals surface area (Å²) >= 11 is 4.12. The first-order valence-electron chi connectivity index (χ1n) is 28.4. The maximum absolute atomic E-state index is 13.3. The van der Waals surface area contributed by atoms with E-state index in [9.17, 15) is 28.8 Å². The highest BCUT2D eigenvalue weighted by atomic mass is 32.1. The van der Waals surface area contributed by atoms with Gasteiger partial charge in [-0.15, -0.1) is 34.0 Å². The third-order valence-electron chi connectivity index (χ3n) is 13.2. The van der Waals surface area contributed by atoms with Crippen molar-refractivity contribution in [2.45, 2.75) is 79.1 Å². The summed E-state index contributed by atoms with van der Waals surface area (Å²) in [7, 11) is 0. The second-order valence-electron chi connectivity index (χ2n) is 23.4. The van der Waals surface area contributed by atoms with Crippen molar-refractivity contribution in [3.63, 3.8) is 0 Å². The van der Waals surface area contributed by atoms with Crippen LogP contribution in [0, 0.1) is 0 Å². The number of nitrogens with one attached hydrogen (secondary N) is 4. The number of thiophene rings is 3. The van der Waals surface area contributed by atoms with Crippen molar-refractivity contribution in [3.8, 4) is 22.6 Å².